The van der Waals surface area contributed by atoms with Crippen molar-refractivity contribution in [1.82, 2.24) is 5.43 Å². The van der Waals surface area contributed by atoms with E-state index in [4.69, 9.17) is 10.6 Å². The fourth-order valence-corrected chi connectivity index (χ4v) is 3.51. The molecule has 98 valence electrons. The second-order valence-corrected chi connectivity index (χ2v) is 6.27. The lowest BCUT2D eigenvalue weighted by atomic mass is 10.0. The number of ether oxygens (including phenoxy) is 1. The molecule has 18 heavy (non-hydrogen) atoms. The highest BCUT2D eigenvalue weighted by Gasteiger charge is 2.29. The van der Waals surface area contributed by atoms with Crippen LogP contribution in [-0.4, -0.2) is 17.9 Å². The van der Waals surface area contributed by atoms with Crippen molar-refractivity contribution in [2.75, 3.05) is 5.75 Å². The number of hydrazine groups is 1. The Hall–Kier alpha value is -0.710. The predicted octanol–water partition coefficient (Wildman–Crippen LogP) is 2.56. The number of fused-ring (bicyclic) bond motifs is 1. The first-order valence-corrected chi connectivity index (χ1v) is 7.70. The lowest BCUT2D eigenvalue weighted by molar-refractivity contribution is 0.158. The van der Waals surface area contributed by atoms with Gasteiger partial charge < -0.3 is 4.74 Å². The van der Waals surface area contributed by atoms with Crippen LogP contribution in [0.3, 0.4) is 0 Å². The zero-order valence-corrected chi connectivity index (χ0v) is 11.3. The third-order valence-corrected chi connectivity index (χ3v) is 4.92. The van der Waals surface area contributed by atoms with Gasteiger partial charge in [-0.25, -0.2) is 0 Å². The molecule has 3 rings (SSSR count). The minimum absolute atomic E-state index is 0.189. The van der Waals surface area contributed by atoms with E-state index in [-0.39, 0.29) is 12.1 Å². The molecular formula is C14H20N2OS. The first-order valence-electron chi connectivity index (χ1n) is 6.71. The van der Waals surface area contributed by atoms with Crippen LogP contribution in [0.25, 0.3) is 0 Å². The third-order valence-electron chi connectivity index (χ3n) is 3.78. The monoisotopic (exact) mass is 264 g/mol. The minimum Gasteiger partial charge on any atom is -0.487 e. The zero-order chi connectivity index (χ0) is 12.4. The van der Waals surface area contributed by atoms with Gasteiger partial charge in [0.2, 0.25) is 0 Å². The van der Waals surface area contributed by atoms with E-state index in [1.807, 2.05) is 23.9 Å². The molecule has 2 unspecified atom stereocenters. The Labute approximate surface area is 112 Å². The van der Waals surface area contributed by atoms with E-state index in [2.05, 4.69) is 17.6 Å². The number of rotatable bonds is 5. The van der Waals surface area contributed by atoms with Crippen LogP contribution in [0.15, 0.2) is 29.2 Å². The topological polar surface area (TPSA) is 47.3 Å². The van der Waals surface area contributed by atoms with Gasteiger partial charge in [0.25, 0.3) is 0 Å². The molecule has 0 bridgehead atoms. The second kappa shape index (κ2) is 5.51. The third kappa shape index (κ3) is 2.82. The maximum atomic E-state index is 6.07. The van der Waals surface area contributed by atoms with Gasteiger partial charge in [-0.15, -0.1) is 11.8 Å². The Morgan fingerprint density at radius 3 is 3.00 bits per heavy atom. The van der Waals surface area contributed by atoms with Crippen molar-refractivity contribution in [2.24, 2.45) is 11.8 Å². The standard InChI is InChI=1S/C14H20N2OS/c15-16-11(8-7-10-5-6-10)13-9-18-14-4-2-1-3-12(14)17-13/h1-4,10-11,13,16H,5-9,15H2. The van der Waals surface area contributed by atoms with Gasteiger partial charge in [0, 0.05) is 10.6 Å². The highest BCUT2D eigenvalue weighted by atomic mass is 32.2. The summed E-state index contributed by atoms with van der Waals surface area (Å²) in [6, 6.07) is 8.51. The lowest BCUT2D eigenvalue weighted by Gasteiger charge is -2.31. The highest BCUT2D eigenvalue weighted by molar-refractivity contribution is 7.99. The summed E-state index contributed by atoms with van der Waals surface area (Å²) in [5.41, 5.74) is 2.95. The quantitative estimate of drug-likeness (QED) is 0.634. The van der Waals surface area contributed by atoms with Crippen LogP contribution in [0.2, 0.25) is 0 Å². The van der Waals surface area contributed by atoms with Gasteiger partial charge in [0.15, 0.2) is 0 Å². The normalized spacial score (nSPS) is 24.2. The average Bonchev–Trinajstić information content (AvgIpc) is 3.23. The molecule has 0 spiro atoms. The van der Waals surface area contributed by atoms with Crippen molar-refractivity contribution >= 4 is 11.8 Å². The summed E-state index contributed by atoms with van der Waals surface area (Å²) in [4.78, 5) is 1.24. The van der Waals surface area contributed by atoms with Crippen molar-refractivity contribution in [2.45, 2.75) is 42.7 Å². The fourth-order valence-electron chi connectivity index (χ4n) is 2.43. The largest absolute Gasteiger partial charge is 0.487 e. The first kappa shape index (κ1) is 12.3. The molecular weight excluding hydrogens is 244 g/mol. The molecule has 1 saturated carbocycles. The summed E-state index contributed by atoms with van der Waals surface area (Å²) in [7, 11) is 0. The Morgan fingerprint density at radius 2 is 2.22 bits per heavy atom. The predicted molar refractivity (Wildman–Crippen MR) is 74.7 cm³/mol. The molecule has 2 atom stereocenters. The molecule has 4 heteroatoms. The molecule has 1 fully saturated rings. The smallest absolute Gasteiger partial charge is 0.133 e. The number of benzene rings is 1. The molecule has 0 aromatic heterocycles. The van der Waals surface area contributed by atoms with Crippen LogP contribution in [-0.2, 0) is 0 Å². The fraction of sp³-hybridized carbons (Fsp3) is 0.571. The molecule has 0 saturated heterocycles. The molecule has 0 amide bonds. The summed E-state index contributed by atoms with van der Waals surface area (Å²) in [6.45, 7) is 0. The number of para-hydroxylation sites is 1. The van der Waals surface area contributed by atoms with Crippen molar-refractivity contribution < 1.29 is 4.74 Å². The summed E-state index contributed by atoms with van der Waals surface area (Å²) >= 11 is 1.87. The molecule has 1 aromatic carbocycles. The van der Waals surface area contributed by atoms with E-state index in [1.54, 1.807) is 0 Å². The van der Waals surface area contributed by atoms with Gasteiger partial charge >= 0.3 is 0 Å². The number of hydrogen-bond acceptors (Lipinski definition) is 4. The summed E-state index contributed by atoms with van der Waals surface area (Å²) in [5.74, 6) is 8.63. The summed E-state index contributed by atoms with van der Waals surface area (Å²) in [6.07, 6.45) is 5.39. The molecule has 1 aliphatic carbocycles. The molecule has 0 radical (unpaired) electrons. The first-order chi connectivity index (χ1) is 8.86. The van der Waals surface area contributed by atoms with E-state index in [0.29, 0.717) is 0 Å². The molecule has 1 heterocycles. The van der Waals surface area contributed by atoms with Crippen LogP contribution in [0, 0.1) is 5.92 Å². The van der Waals surface area contributed by atoms with E-state index in [0.717, 1.165) is 23.8 Å². The van der Waals surface area contributed by atoms with E-state index in [1.165, 1.54) is 24.2 Å². The second-order valence-electron chi connectivity index (χ2n) is 5.21. The van der Waals surface area contributed by atoms with Gasteiger partial charge in [-0.2, -0.15) is 0 Å². The Bertz CT molecular complexity index is 409. The SMILES string of the molecule is NNC(CCC1CC1)C1CSc2ccccc2O1. The molecule has 2 aliphatic rings. The van der Waals surface area contributed by atoms with E-state index >= 15 is 0 Å². The lowest BCUT2D eigenvalue weighted by Crippen LogP contribution is -2.48. The number of nitrogens with two attached hydrogens (primary N) is 1. The van der Waals surface area contributed by atoms with Crippen LogP contribution < -0.4 is 16.0 Å². The molecule has 3 N–H and O–H groups in total. The number of hydrogen-bond donors (Lipinski definition) is 2. The van der Waals surface area contributed by atoms with Crippen molar-refractivity contribution in [3.63, 3.8) is 0 Å². The molecule has 1 aliphatic heterocycles. The summed E-state index contributed by atoms with van der Waals surface area (Å²) in [5, 5.41) is 0. The minimum atomic E-state index is 0.189. The molecule has 1 aromatic rings. The number of nitrogens with one attached hydrogen (secondary N) is 1. The van der Waals surface area contributed by atoms with E-state index in [9.17, 15) is 0 Å². The van der Waals surface area contributed by atoms with E-state index < -0.39 is 0 Å². The summed E-state index contributed by atoms with van der Waals surface area (Å²) < 4.78 is 6.07. The zero-order valence-electron chi connectivity index (χ0n) is 10.5. The van der Waals surface area contributed by atoms with Crippen molar-refractivity contribution in [3.8, 4) is 5.75 Å². The van der Waals surface area contributed by atoms with Gasteiger partial charge in [0.1, 0.15) is 11.9 Å². The Morgan fingerprint density at radius 1 is 1.39 bits per heavy atom. The van der Waals surface area contributed by atoms with Crippen molar-refractivity contribution in [3.05, 3.63) is 24.3 Å². The maximum Gasteiger partial charge on any atom is 0.133 e. The van der Waals surface area contributed by atoms with Crippen molar-refractivity contribution in [1.29, 1.82) is 0 Å². The Balaban J connectivity index is 1.61. The highest BCUT2D eigenvalue weighted by Crippen LogP contribution is 2.38. The average molecular weight is 264 g/mol. The van der Waals surface area contributed by atoms with Gasteiger partial charge in [0.05, 0.1) is 6.04 Å². The van der Waals surface area contributed by atoms with Crippen LogP contribution >= 0.6 is 11.8 Å². The Kier molecular flexibility index (Phi) is 3.77. The van der Waals surface area contributed by atoms with Crippen LogP contribution in [0.4, 0.5) is 0 Å². The van der Waals surface area contributed by atoms with Crippen LogP contribution in [0.1, 0.15) is 25.7 Å². The van der Waals surface area contributed by atoms with Gasteiger partial charge in [-0.3, -0.25) is 11.3 Å². The maximum absolute atomic E-state index is 6.07. The van der Waals surface area contributed by atoms with Gasteiger partial charge in [-0.05, 0) is 30.9 Å². The van der Waals surface area contributed by atoms with Gasteiger partial charge in [-0.1, -0.05) is 25.0 Å². The van der Waals surface area contributed by atoms with Crippen LogP contribution in [0.5, 0.6) is 5.75 Å². The number of thioether (sulfide) groups is 1. The molecule has 3 nitrogen and oxygen atoms in total.